The summed E-state index contributed by atoms with van der Waals surface area (Å²) >= 11 is 0. The van der Waals surface area contributed by atoms with Crippen LogP contribution in [0.4, 0.5) is 16.2 Å². The number of hydrogen-bond donors (Lipinski definition) is 1. The summed E-state index contributed by atoms with van der Waals surface area (Å²) in [6, 6.07) is 23.3. The number of fused-ring (bicyclic) bond motifs is 1. The number of anilines is 2. The first-order valence-electron chi connectivity index (χ1n) is 10.2. The molecule has 0 saturated carbocycles. The maximum Gasteiger partial charge on any atom is 0.326 e. The summed E-state index contributed by atoms with van der Waals surface area (Å²) in [6.07, 6.45) is 3.00. The van der Waals surface area contributed by atoms with E-state index in [-0.39, 0.29) is 6.03 Å². The Kier molecular flexibility index (Phi) is 6.18. The van der Waals surface area contributed by atoms with E-state index in [1.807, 2.05) is 71.6 Å². The summed E-state index contributed by atoms with van der Waals surface area (Å²) in [5.74, 6) is 1.52. The van der Waals surface area contributed by atoms with Crippen LogP contribution in [0.3, 0.4) is 0 Å². The molecule has 0 aliphatic carbocycles. The third kappa shape index (κ3) is 4.74. The first-order chi connectivity index (χ1) is 14.7. The number of carbonyl (C=O) groups is 1. The van der Waals surface area contributed by atoms with Gasteiger partial charge in [0.1, 0.15) is 18.1 Å². The molecule has 154 valence electrons. The Labute approximate surface area is 177 Å². The fourth-order valence-corrected chi connectivity index (χ4v) is 3.62. The molecule has 2 amide bonds. The number of benzene rings is 3. The highest BCUT2D eigenvalue weighted by Gasteiger charge is 2.22. The molecule has 0 atom stereocenters. The van der Waals surface area contributed by atoms with Crippen molar-refractivity contribution in [2.75, 3.05) is 23.9 Å². The Morgan fingerprint density at radius 3 is 2.50 bits per heavy atom. The van der Waals surface area contributed by atoms with Gasteiger partial charge in [-0.25, -0.2) is 4.79 Å². The molecule has 0 saturated heterocycles. The quantitative estimate of drug-likeness (QED) is 0.600. The van der Waals surface area contributed by atoms with Crippen molar-refractivity contribution in [3.8, 4) is 11.5 Å². The number of nitrogens with one attached hydrogen (secondary N) is 1. The standard InChI is InChI=1S/C25H26N2O3/c1-29-23-13-10-20-9-5-6-16-27(24(20)17-23)25(28)26-21-11-14-22(15-12-21)30-18-19-7-3-2-4-8-19/h2-4,7-8,10-15,17H,5-6,9,16,18H2,1H3,(H,26,28). The molecule has 0 bridgehead atoms. The van der Waals surface area contributed by atoms with Gasteiger partial charge in [-0.1, -0.05) is 36.4 Å². The third-order valence-corrected chi connectivity index (χ3v) is 5.26. The Morgan fingerprint density at radius 1 is 0.967 bits per heavy atom. The van der Waals surface area contributed by atoms with E-state index in [2.05, 4.69) is 11.4 Å². The van der Waals surface area contributed by atoms with Gasteiger partial charge < -0.3 is 14.8 Å². The lowest BCUT2D eigenvalue weighted by Crippen LogP contribution is -2.35. The number of hydrogen-bond acceptors (Lipinski definition) is 3. The molecule has 3 aromatic carbocycles. The largest absolute Gasteiger partial charge is 0.497 e. The van der Waals surface area contributed by atoms with E-state index in [1.54, 1.807) is 7.11 Å². The second kappa shape index (κ2) is 9.35. The van der Waals surface area contributed by atoms with Crippen molar-refractivity contribution in [3.63, 3.8) is 0 Å². The highest BCUT2D eigenvalue weighted by Crippen LogP contribution is 2.31. The first kappa shape index (κ1) is 19.8. The number of rotatable bonds is 5. The van der Waals surface area contributed by atoms with Crippen molar-refractivity contribution in [2.24, 2.45) is 0 Å². The normalized spacial score (nSPS) is 13.2. The number of methoxy groups -OCH3 is 1. The van der Waals surface area contributed by atoms with E-state index >= 15 is 0 Å². The van der Waals surface area contributed by atoms with Crippen molar-refractivity contribution in [1.82, 2.24) is 0 Å². The van der Waals surface area contributed by atoms with Gasteiger partial charge in [-0.15, -0.1) is 0 Å². The number of ether oxygens (including phenoxy) is 2. The summed E-state index contributed by atoms with van der Waals surface area (Å²) < 4.78 is 11.2. The molecule has 0 spiro atoms. The molecule has 0 aromatic heterocycles. The van der Waals surface area contributed by atoms with E-state index < -0.39 is 0 Å². The Hall–Kier alpha value is -3.47. The highest BCUT2D eigenvalue weighted by molar-refractivity contribution is 6.02. The predicted octanol–water partition coefficient (Wildman–Crippen LogP) is 5.65. The summed E-state index contributed by atoms with van der Waals surface area (Å²) in [4.78, 5) is 14.8. The average Bonchev–Trinajstić information content (AvgIpc) is 3.01. The molecular weight excluding hydrogens is 376 g/mol. The lowest BCUT2D eigenvalue weighted by atomic mass is 10.1. The van der Waals surface area contributed by atoms with E-state index in [1.165, 1.54) is 5.56 Å². The molecule has 0 fully saturated rings. The van der Waals surface area contributed by atoms with Crippen LogP contribution in [0.5, 0.6) is 11.5 Å². The third-order valence-electron chi connectivity index (χ3n) is 5.26. The van der Waals surface area contributed by atoms with Crippen LogP contribution < -0.4 is 19.7 Å². The first-order valence-corrected chi connectivity index (χ1v) is 10.2. The lowest BCUT2D eigenvalue weighted by molar-refractivity contribution is 0.257. The van der Waals surface area contributed by atoms with E-state index in [0.717, 1.165) is 47.7 Å². The van der Waals surface area contributed by atoms with E-state index in [9.17, 15) is 4.79 Å². The van der Waals surface area contributed by atoms with Gasteiger partial charge in [0, 0.05) is 18.3 Å². The SMILES string of the molecule is COc1ccc2c(c1)N(C(=O)Nc1ccc(OCc3ccccc3)cc1)CCCC2. The van der Waals surface area contributed by atoms with Gasteiger partial charge in [-0.2, -0.15) is 0 Å². The molecule has 30 heavy (non-hydrogen) atoms. The molecule has 1 N–H and O–H groups in total. The topological polar surface area (TPSA) is 50.8 Å². The van der Waals surface area contributed by atoms with Gasteiger partial charge in [0.2, 0.25) is 0 Å². The van der Waals surface area contributed by atoms with E-state index in [0.29, 0.717) is 13.2 Å². The smallest absolute Gasteiger partial charge is 0.326 e. The van der Waals surface area contributed by atoms with Crippen LogP contribution >= 0.6 is 0 Å². The van der Waals surface area contributed by atoms with Gasteiger partial charge in [0.05, 0.1) is 12.8 Å². The molecule has 5 nitrogen and oxygen atoms in total. The summed E-state index contributed by atoms with van der Waals surface area (Å²) in [5, 5.41) is 3.01. The fourth-order valence-electron chi connectivity index (χ4n) is 3.62. The number of aryl methyl sites for hydroxylation is 1. The molecular formula is C25H26N2O3. The molecule has 0 radical (unpaired) electrons. The minimum Gasteiger partial charge on any atom is -0.497 e. The van der Waals surface area contributed by atoms with Crippen molar-refractivity contribution in [2.45, 2.75) is 25.9 Å². The summed E-state index contributed by atoms with van der Waals surface area (Å²) in [5.41, 5.74) is 3.95. The fraction of sp³-hybridized carbons (Fsp3) is 0.240. The minimum atomic E-state index is -0.135. The molecule has 0 unspecified atom stereocenters. The number of nitrogens with zero attached hydrogens (tertiary/aromatic N) is 1. The van der Waals surface area contributed by atoms with Crippen molar-refractivity contribution in [3.05, 3.63) is 83.9 Å². The molecule has 4 rings (SSSR count). The van der Waals surface area contributed by atoms with Crippen LogP contribution in [0.2, 0.25) is 0 Å². The summed E-state index contributed by atoms with van der Waals surface area (Å²) in [7, 11) is 1.64. The predicted molar refractivity (Wildman–Crippen MR) is 120 cm³/mol. The van der Waals surface area contributed by atoms with Crippen LogP contribution in [0.15, 0.2) is 72.8 Å². The highest BCUT2D eigenvalue weighted by atomic mass is 16.5. The number of urea groups is 1. The molecule has 3 aromatic rings. The zero-order chi connectivity index (χ0) is 20.8. The van der Waals surface area contributed by atoms with Crippen molar-refractivity contribution in [1.29, 1.82) is 0 Å². The second-order valence-electron chi connectivity index (χ2n) is 7.33. The van der Waals surface area contributed by atoms with Crippen molar-refractivity contribution >= 4 is 17.4 Å². The average molecular weight is 402 g/mol. The van der Waals surface area contributed by atoms with Crippen LogP contribution in [0, 0.1) is 0 Å². The van der Waals surface area contributed by atoms with Crippen molar-refractivity contribution < 1.29 is 14.3 Å². The number of carbonyl (C=O) groups excluding carboxylic acids is 1. The van der Waals surface area contributed by atoms with E-state index in [4.69, 9.17) is 9.47 Å². The van der Waals surface area contributed by atoms with Gasteiger partial charge in [-0.3, -0.25) is 4.90 Å². The van der Waals surface area contributed by atoms with Crippen LogP contribution in [0.25, 0.3) is 0 Å². The molecule has 5 heteroatoms. The molecule has 1 aliphatic heterocycles. The Morgan fingerprint density at radius 2 is 1.73 bits per heavy atom. The summed E-state index contributed by atoms with van der Waals surface area (Å²) in [6.45, 7) is 1.20. The van der Waals surface area contributed by atoms with Gasteiger partial charge in [0.25, 0.3) is 0 Å². The Balaban J connectivity index is 1.42. The van der Waals surface area contributed by atoms with Crippen LogP contribution in [-0.2, 0) is 13.0 Å². The maximum absolute atomic E-state index is 13.0. The maximum atomic E-state index is 13.0. The second-order valence-corrected chi connectivity index (χ2v) is 7.33. The van der Waals surface area contributed by atoms with Gasteiger partial charge in [0.15, 0.2) is 0 Å². The lowest BCUT2D eigenvalue weighted by Gasteiger charge is -2.24. The van der Waals surface area contributed by atoms with Gasteiger partial charge >= 0.3 is 6.03 Å². The van der Waals surface area contributed by atoms with Gasteiger partial charge in [-0.05, 0) is 60.7 Å². The number of amides is 2. The zero-order valence-electron chi connectivity index (χ0n) is 17.1. The molecule has 1 aliphatic rings. The Bertz CT molecular complexity index is 987. The van der Waals surface area contributed by atoms with Crippen LogP contribution in [0.1, 0.15) is 24.0 Å². The van der Waals surface area contributed by atoms with Crippen LogP contribution in [-0.4, -0.2) is 19.7 Å². The zero-order valence-corrected chi connectivity index (χ0v) is 17.1. The monoisotopic (exact) mass is 402 g/mol. The molecule has 1 heterocycles. The minimum absolute atomic E-state index is 0.135.